The van der Waals surface area contributed by atoms with Gasteiger partial charge in [0.05, 0.1) is 0 Å². The number of ether oxygens (including phenoxy) is 1. The lowest BCUT2D eigenvalue weighted by atomic mass is 10.2. The van der Waals surface area contributed by atoms with Crippen LogP contribution in [0.1, 0.15) is 18.2 Å². The number of carbonyl (C=O) groups is 1. The number of anilines is 1. The SMILES string of the molecule is Cc1nnc(CCC(=O)Nc2ccc(Oc3ccccc3)cc2)o1. The van der Waals surface area contributed by atoms with Crippen LogP contribution < -0.4 is 10.1 Å². The quantitative estimate of drug-likeness (QED) is 0.747. The van der Waals surface area contributed by atoms with Crippen molar-refractivity contribution in [3.63, 3.8) is 0 Å². The molecule has 1 heterocycles. The predicted octanol–water partition coefficient (Wildman–Crippen LogP) is 3.74. The summed E-state index contributed by atoms with van der Waals surface area (Å²) in [5.74, 6) is 2.33. The van der Waals surface area contributed by atoms with Gasteiger partial charge in [0.15, 0.2) is 0 Å². The van der Waals surface area contributed by atoms with Gasteiger partial charge in [-0.25, -0.2) is 0 Å². The van der Waals surface area contributed by atoms with E-state index >= 15 is 0 Å². The second kappa shape index (κ2) is 7.41. The highest BCUT2D eigenvalue weighted by atomic mass is 16.5. The molecule has 0 fully saturated rings. The zero-order valence-electron chi connectivity index (χ0n) is 13.2. The molecule has 3 rings (SSSR count). The fourth-order valence-electron chi connectivity index (χ4n) is 2.11. The maximum absolute atomic E-state index is 11.9. The highest BCUT2D eigenvalue weighted by Crippen LogP contribution is 2.22. The molecule has 0 aliphatic heterocycles. The topological polar surface area (TPSA) is 77.2 Å². The van der Waals surface area contributed by atoms with Crippen molar-refractivity contribution in [1.29, 1.82) is 0 Å². The molecule has 2 aromatic carbocycles. The molecule has 0 bridgehead atoms. The van der Waals surface area contributed by atoms with Gasteiger partial charge in [0.1, 0.15) is 11.5 Å². The molecule has 1 amide bonds. The number of nitrogens with one attached hydrogen (secondary N) is 1. The van der Waals surface area contributed by atoms with Crippen LogP contribution in [0.25, 0.3) is 0 Å². The summed E-state index contributed by atoms with van der Waals surface area (Å²) in [6.07, 6.45) is 0.700. The Hall–Kier alpha value is -3.15. The normalized spacial score (nSPS) is 10.4. The minimum Gasteiger partial charge on any atom is -0.457 e. The van der Waals surface area contributed by atoms with Gasteiger partial charge in [0.25, 0.3) is 0 Å². The zero-order valence-corrected chi connectivity index (χ0v) is 13.2. The van der Waals surface area contributed by atoms with Crippen molar-refractivity contribution >= 4 is 11.6 Å². The van der Waals surface area contributed by atoms with E-state index in [4.69, 9.17) is 9.15 Å². The fourth-order valence-corrected chi connectivity index (χ4v) is 2.11. The van der Waals surface area contributed by atoms with Gasteiger partial charge in [-0.3, -0.25) is 4.79 Å². The lowest BCUT2D eigenvalue weighted by Gasteiger charge is -2.07. The number of amides is 1. The Kier molecular flexibility index (Phi) is 4.86. The smallest absolute Gasteiger partial charge is 0.224 e. The summed E-state index contributed by atoms with van der Waals surface area (Å²) in [7, 11) is 0. The number of rotatable bonds is 6. The van der Waals surface area contributed by atoms with Crippen LogP contribution in [0.15, 0.2) is 59.0 Å². The van der Waals surface area contributed by atoms with E-state index in [9.17, 15) is 4.79 Å². The third-order valence-electron chi connectivity index (χ3n) is 3.25. The molecule has 1 aromatic heterocycles. The second-order valence-electron chi connectivity index (χ2n) is 5.20. The molecule has 0 saturated heterocycles. The first-order chi connectivity index (χ1) is 11.7. The highest BCUT2D eigenvalue weighted by Gasteiger charge is 2.07. The summed E-state index contributed by atoms with van der Waals surface area (Å²) in [5.41, 5.74) is 0.710. The molecule has 0 saturated carbocycles. The average Bonchev–Trinajstić information content (AvgIpc) is 3.01. The summed E-state index contributed by atoms with van der Waals surface area (Å²) in [6, 6.07) is 16.7. The molecule has 6 nitrogen and oxygen atoms in total. The number of benzene rings is 2. The molecule has 0 unspecified atom stereocenters. The van der Waals surface area contributed by atoms with Gasteiger partial charge in [-0.2, -0.15) is 0 Å². The van der Waals surface area contributed by atoms with E-state index in [-0.39, 0.29) is 12.3 Å². The minimum absolute atomic E-state index is 0.109. The predicted molar refractivity (Wildman–Crippen MR) is 88.9 cm³/mol. The fraction of sp³-hybridized carbons (Fsp3) is 0.167. The van der Waals surface area contributed by atoms with Crippen molar-refractivity contribution in [2.45, 2.75) is 19.8 Å². The molecule has 6 heteroatoms. The van der Waals surface area contributed by atoms with E-state index in [0.717, 1.165) is 5.75 Å². The van der Waals surface area contributed by atoms with E-state index in [0.29, 0.717) is 29.6 Å². The summed E-state index contributed by atoms with van der Waals surface area (Å²) in [4.78, 5) is 11.9. The molecule has 3 aromatic rings. The molecule has 0 spiro atoms. The Morgan fingerprint density at radius 1 is 1.04 bits per heavy atom. The molecule has 24 heavy (non-hydrogen) atoms. The zero-order chi connectivity index (χ0) is 16.8. The maximum Gasteiger partial charge on any atom is 0.224 e. The number of para-hydroxylation sites is 1. The van der Waals surface area contributed by atoms with Crippen molar-refractivity contribution in [3.05, 3.63) is 66.4 Å². The Morgan fingerprint density at radius 3 is 2.42 bits per heavy atom. The maximum atomic E-state index is 11.9. The van der Waals surface area contributed by atoms with Crippen LogP contribution in [-0.2, 0) is 11.2 Å². The standard InChI is InChI=1S/C18H17N3O3/c1-13-20-21-18(23-13)12-11-17(22)19-14-7-9-16(10-8-14)24-15-5-3-2-4-6-15/h2-10H,11-12H2,1H3,(H,19,22). The molecular formula is C18H17N3O3. The van der Waals surface area contributed by atoms with Gasteiger partial charge in [-0.05, 0) is 36.4 Å². The third kappa shape index (κ3) is 4.42. The molecule has 0 radical (unpaired) electrons. The van der Waals surface area contributed by atoms with Crippen molar-refractivity contribution in [1.82, 2.24) is 10.2 Å². The average molecular weight is 323 g/mol. The van der Waals surface area contributed by atoms with Crippen LogP contribution in [0.2, 0.25) is 0 Å². The van der Waals surface area contributed by atoms with E-state index in [1.54, 1.807) is 19.1 Å². The van der Waals surface area contributed by atoms with Crippen LogP contribution >= 0.6 is 0 Å². The lowest BCUT2D eigenvalue weighted by molar-refractivity contribution is -0.116. The van der Waals surface area contributed by atoms with Crippen LogP contribution in [0.3, 0.4) is 0 Å². The lowest BCUT2D eigenvalue weighted by Crippen LogP contribution is -2.12. The minimum atomic E-state index is -0.109. The van der Waals surface area contributed by atoms with Crippen LogP contribution in [-0.4, -0.2) is 16.1 Å². The first-order valence-electron chi connectivity index (χ1n) is 7.61. The number of nitrogens with zero attached hydrogens (tertiary/aromatic N) is 2. The van der Waals surface area contributed by atoms with E-state index in [2.05, 4.69) is 15.5 Å². The number of carbonyl (C=O) groups excluding carboxylic acids is 1. The van der Waals surface area contributed by atoms with Crippen molar-refractivity contribution in [3.8, 4) is 11.5 Å². The van der Waals surface area contributed by atoms with Gasteiger partial charge in [0.2, 0.25) is 17.7 Å². The first-order valence-corrected chi connectivity index (χ1v) is 7.61. The van der Waals surface area contributed by atoms with Crippen molar-refractivity contribution in [2.24, 2.45) is 0 Å². The summed E-state index contributed by atoms with van der Waals surface area (Å²) >= 11 is 0. The van der Waals surface area contributed by atoms with Gasteiger partial charge < -0.3 is 14.5 Å². The monoisotopic (exact) mass is 323 g/mol. The molecule has 1 N–H and O–H groups in total. The van der Waals surface area contributed by atoms with Gasteiger partial charge in [-0.15, -0.1) is 10.2 Å². The molecule has 0 atom stereocenters. The Bertz CT molecular complexity index is 798. The molecular weight excluding hydrogens is 306 g/mol. The van der Waals surface area contributed by atoms with E-state index in [1.165, 1.54) is 0 Å². The van der Waals surface area contributed by atoms with Crippen molar-refractivity contribution < 1.29 is 13.9 Å². The summed E-state index contributed by atoms with van der Waals surface area (Å²) < 4.78 is 10.9. The van der Waals surface area contributed by atoms with E-state index in [1.807, 2.05) is 42.5 Å². The second-order valence-corrected chi connectivity index (χ2v) is 5.20. The molecule has 0 aliphatic rings. The van der Waals surface area contributed by atoms with Crippen LogP contribution in [0.5, 0.6) is 11.5 Å². The Balaban J connectivity index is 1.51. The van der Waals surface area contributed by atoms with Crippen LogP contribution in [0, 0.1) is 6.92 Å². The van der Waals surface area contributed by atoms with E-state index < -0.39 is 0 Å². The van der Waals surface area contributed by atoms with Gasteiger partial charge in [0, 0.05) is 25.5 Å². The van der Waals surface area contributed by atoms with Crippen LogP contribution in [0.4, 0.5) is 5.69 Å². The summed E-state index contributed by atoms with van der Waals surface area (Å²) in [5, 5.41) is 10.4. The number of hydrogen-bond acceptors (Lipinski definition) is 5. The number of aryl methyl sites for hydroxylation is 2. The number of aromatic nitrogens is 2. The Labute approximate surface area is 139 Å². The van der Waals surface area contributed by atoms with Gasteiger partial charge in [-0.1, -0.05) is 18.2 Å². The summed E-state index contributed by atoms with van der Waals surface area (Å²) in [6.45, 7) is 1.72. The largest absolute Gasteiger partial charge is 0.457 e. The highest BCUT2D eigenvalue weighted by molar-refractivity contribution is 5.90. The Morgan fingerprint density at radius 2 is 1.75 bits per heavy atom. The van der Waals surface area contributed by atoms with Crippen molar-refractivity contribution in [2.75, 3.05) is 5.32 Å². The third-order valence-corrected chi connectivity index (χ3v) is 3.25. The molecule has 122 valence electrons. The van der Waals surface area contributed by atoms with Gasteiger partial charge >= 0.3 is 0 Å². The first kappa shape index (κ1) is 15.7. The molecule has 0 aliphatic carbocycles. The number of hydrogen-bond donors (Lipinski definition) is 1.